The summed E-state index contributed by atoms with van der Waals surface area (Å²) in [5.41, 5.74) is 11.5. The first kappa shape index (κ1) is 15.8. The van der Waals surface area contributed by atoms with Crippen molar-refractivity contribution in [3.05, 3.63) is 23.8 Å². The van der Waals surface area contributed by atoms with Crippen LogP contribution in [0.1, 0.15) is 31.1 Å². The van der Waals surface area contributed by atoms with Gasteiger partial charge in [-0.1, -0.05) is 13.8 Å². The van der Waals surface area contributed by atoms with Gasteiger partial charge in [0.25, 0.3) is 11.8 Å². The van der Waals surface area contributed by atoms with Crippen LogP contribution in [0, 0.1) is 5.92 Å². The zero-order chi connectivity index (χ0) is 15.3. The molecule has 5 N–H and O–H groups in total. The van der Waals surface area contributed by atoms with E-state index in [1.807, 2.05) is 13.8 Å². The molecule has 0 aliphatic carbocycles. The maximum absolute atomic E-state index is 11.8. The van der Waals surface area contributed by atoms with Crippen molar-refractivity contribution in [3.63, 3.8) is 0 Å². The molecule has 0 bridgehead atoms. The molecular formula is C14H21N3O3. The van der Waals surface area contributed by atoms with Crippen molar-refractivity contribution in [2.24, 2.45) is 11.7 Å². The van der Waals surface area contributed by atoms with Gasteiger partial charge in [0.1, 0.15) is 5.75 Å². The minimum atomic E-state index is -0.742. The van der Waals surface area contributed by atoms with E-state index in [4.69, 9.17) is 16.2 Å². The average Bonchev–Trinajstić information content (AvgIpc) is 2.35. The third-order valence-electron chi connectivity index (χ3n) is 2.63. The Morgan fingerprint density at radius 1 is 1.30 bits per heavy atom. The molecule has 1 unspecified atom stereocenters. The SMILES string of the molecule is CC(C)CNC(=O)C(C)Oc1cc(N)ccc1C(N)=O. The van der Waals surface area contributed by atoms with Crippen LogP contribution in [-0.4, -0.2) is 24.5 Å². The van der Waals surface area contributed by atoms with E-state index < -0.39 is 12.0 Å². The first-order valence-corrected chi connectivity index (χ1v) is 6.45. The molecule has 0 spiro atoms. The molecule has 6 heteroatoms. The lowest BCUT2D eigenvalue weighted by molar-refractivity contribution is -0.127. The van der Waals surface area contributed by atoms with Gasteiger partial charge in [0.05, 0.1) is 5.56 Å². The van der Waals surface area contributed by atoms with Crippen molar-refractivity contribution in [1.82, 2.24) is 5.32 Å². The van der Waals surface area contributed by atoms with E-state index in [0.29, 0.717) is 18.2 Å². The molecule has 0 heterocycles. The Labute approximate surface area is 118 Å². The van der Waals surface area contributed by atoms with Crippen LogP contribution in [0.2, 0.25) is 0 Å². The summed E-state index contributed by atoms with van der Waals surface area (Å²) < 4.78 is 5.49. The average molecular weight is 279 g/mol. The molecule has 0 aromatic heterocycles. The maximum atomic E-state index is 11.8. The first-order chi connectivity index (χ1) is 9.31. The highest BCUT2D eigenvalue weighted by Gasteiger charge is 2.18. The number of nitrogen functional groups attached to an aromatic ring is 1. The predicted octanol–water partition coefficient (Wildman–Crippen LogP) is 0.907. The number of hydrogen-bond acceptors (Lipinski definition) is 4. The Kier molecular flexibility index (Phi) is 5.37. The summed E-state index contributed by atoms with van der Waals surface area (Å²) in [4.78, 5) is 23.1. The fourth-order valence-electron chi connectivity index (χ4n) is 1.53. The van der Waals surface area contributed by atoms with E-state index >= 15 is 0 Å². The molecule has 0 radical (unpaired) electrons. The Morgan fingerprint density at radius 3 is 2.50 bits per heavy atom. The summed E-state index contributed by atoms with van der Waals surface area (Å²) in [6.45, 7) is 6.15. The standard InChI is InChI=1S/C14H21N3O3/c1-8(2)7-17-14(19)9(3)20-12-6-10(15)4-5-11(12)13(16)18/h4-6,8-9H,7,15H2,1-3H3,(H2,16,18)(H,17,19). The lowest BCUT2D eigenvalue weighted by Gasteiger charge is -2.17. The molecule has 1 aromatic rings. The molecule has 6 nitrogen and oxygen atoms in total. The van der Waals surface area contributed by atoms with Crippen molar-refractivity contribution in [2.45, 2.75) is 26.9 Å². The molecular weight excluding hydrogens is 258 g/mol. The number of hydrogen-bond donors (Lipinski definition) is 3. The van der Waals surface area contributed by atoms with Crippen LogP contribution < -0.4 is 21.5 Å². The Bertz CT molecular complexity index is 500. The topological polar surface area (TPSA) is 107 Å². The molecule has 0 saturated heterocycles. The molecule has 0 aliphatic heterocycles. The number of amides is 2. The summed E-state index contributed by atoms with van der Waals surface area (Å²) in [7, 11) is 0. The predicted molar refractivity (Wildman–Crippen MR) is 77.3 cm³/mol. The molecule has 0 fully saturated rings. The van der Waals surface area contributed by atoms with Gasteiger partial charge in [-0.05, 0) is 25.0 Å². The van der Waals surface area contributed by atoms with Gasteiger partial charge in [0.2, 0.25) is 0 Å². The van der Waals surface area contributed by atoms with Crippen molar-refractivity contribution < 1.29 is 14.3 Å². The van der Waals surface area contributed by atoms with Gasteiger partial charge in [-0.2, -0.15) is 0 Å². The van der Waals surface area contributed by atoms with E-state index in [9.17, 15) is 9.59 Å². The monoisotopic (exact) mass is 279 g/mol. The minimum Gasteiger partial charge on any atom is -0.480 e. The summed E-state index contributed by atoms with van der Waals surface area (Å²) in [6, 6.07) is 4.51. The van der Waals surface area contributed by atoms with Crippen LogP contribution in [-0.2, 0) is 4.79 Å². The summed E-state index contributed by atoms with van der Waals surface area (Å²) in [5.74, 6) is -0.323. The van der Waals surface area contributed by atoms with Crippen LogP contribution in [0.3, 0.4) is 0 Å². The van der Waals surface area contributed by atoms with Gasteiger partial charge in [0.15, 0.2) is 6.10 Å². The lowest BCUT2D eigenvalue weighted by atomic mass is 10.1. The van der Waals surface area contributed by atoms with Crippen LogP contribution in [0.5, 0.6) is 5.75 Å². The number of anilines is 1. The second-order valence-electron chi connectivity index (χ2n) is 5.02. The van der Waals surface area contributed by atoms with Crippen LogP contribution in [0.15, 0.2) is 18.2 Å². The number of benzene rings is 1. The van der Waals surface area contributed by atoms with E-state index in [1.54, 1.807) is 13.0 Å². The second-order valence-corrected chi connectivity index (χ2v) is 5.02. The normalized spacial score (nSPS) is 12.0. The molecule has 2 amide bonds. The highest BCUT2D eigenvalue weighted by molar-refractivity contribution is 5.96. The number of ether oxygens (including phenoxy) is 1. The molecule has 1 atom stereocenters. The second kappa shape index (κ2) is 6.79. The number of nitrogens with two attached hydrogens (primary N) is 2. The maximum Gasteiger partial charge on any atom is 0.260 e. The van der Waals surface area contributed by atoms with Crippen LogP contribution in [0.25, 0.3) is 0 Å². The smallest absolute Gasteiger partial charge is 0.260 e. The minimum absolute atomic E-state index is 0.197. The number of rotatable bonds is 6. The third-order valence-corrected chi connectivity index (χ3v) is 2.63. The fourth-order valence-corrected chi connectivity index (χ4v) is 1.53. The van der Waals surface area contributed by atoms with Crippen LogP contribution >= 0.6 is 0 Å². The van der Waals surface area contributed by atoms with Gasteiger partial charge in [-0.25, -0.2) is 0 Å². The molecule has 20 heavy (non-hydrogen) atoms. The van der Waals surface area contributed by atoms with Gasteiger partial charge < -0.3 is 21.5 Å². The molecule has 0 saturated carbocycles. The summed E-state index contributed by atoms with van der Waals surface area (Å²) in [6.07, 6.45) is -0.742. The van der Waals surface area contributed by atoms with E-state index in [2.05, 4.69) is 5.32 Å². The van der Waals surface area contributed by atoms with Crippen molar-refractivity contribution in [3.8, 4) is 5.75 Å². The number of carbonyl (C=O) groups is 2. The first-order valence-electron chi connectivity index (χ1n) is 6.45. The zero-order valence-electron chi connectivity index (χ0n) is 12.0. The molecule has 110 valence electrons. The van der Waals surface area contributed by atoms with Gasteiger partial charge in [0, 0.05) is 18.3 Å². The molecule has 1 rings (SSSR count). The van der Waals surface area contributed by atoms with E-state index in [-0.39, 0.29) is 17.2 Å². The highest BCUT2D eigenvalue weighted by Crippen LogP contribution is 2.22. The van der Waals surface area contributed by atoms with Crippen molar-refractivity contribution in [2.75, 3.05) is 12.3 Å². The van der Waals surface area contributed by atoms with Gasteiger partial charge >= 0.3 is 0 Å². The van der Waals surface area contributed by atoms with Crippen LogP contribution in [0.4, 0.5) is 5.69 Å². The summed E-state index contributed by atoms with van der Waals surface area (Å²) in [5, 5.41) is 2.75. The molecule has 0 aliphatic rings. The number of carbonyl (C=O) groups excluding carboxylic acids is 2. The number of nitrogens with one attached hydrogen (secondary N) is 1. The largest absolute Gasteiger partial charge is 0.480 e. The van der Waals surface area contributed by atoms with Crippen molar-refractivity contribution in [1.29, 1.82) is 0 Å². The Morgan fingerprint density at radius 2 is 1.95 bits per heavy atom. The van der Waals surface area contributed by atoms with E-state index in [1.165, 1.54) is 12.1 Å². The quantitative estimate of drug-likeness (QED) is 0.672. The van der Waals surface area contributed by atoms with Gasteiger partial charge in [-0.3, -0.25) is 9.59 Å². The zero-order valence-corrected chi connectivity index (χ0v) is 12.0. The molecule has 1 aromatic carbocycles. The lowest BCUT2D eigenvalue weighted by Crippen LogP contribution is -2.38. The third kappa shape index (κ3) is 4.46. The number of primary amides is 1. The highest BCUT2D eigenvalue weighted by atomic mass is 16.5. The fraction of sp³-hybridized carbons (Fsp3) is 0.429. The van der Waals surface area contributed by atoms with Gasteiger partial charge in [-0.15, -0.1) is 0 Å². The van der Waals surface area contributed by atoms with E-state index in [0.717, 1.165) is 0 Å². The summed E-state index contributed by atoms with van der Waals surface area (Å²) >= 11 is 0. The van der Waals surface area contributed by atoms with Crippen molar-refractivity contribution >= 4 is 17.5 Å². The Balaban J connectivity index is 2.79. The Hall–Kier alpha value is -2.24.